The molecule has 2 aromatic carbocycles. The lowest BCUT2D eigenvalue weighted by Crippen LogP contribution is -2.36. The Labute approximate surface area is 132 Å². The van der Waals surface area contributed by atoms with E-state index in [1.807, 2.05) is 11.8 Å². The molecule has 2 N–H and O–H groups in total. The largest absolute Gasteiger partial charge is 0.330 e. The minimum Gasteiger partial charge on any atom is -0.330 e. The predicted molar refractivity (Wildman–Crippen MR) is 92.0 cm³/mol. The van der Waals surface area contributed by atoms with E-state index in [-0.39, 0.29) is 5.41 Å². The molecule has 2 atom stereocenters. The van der Waals surface area contributed by atoms with Crippen LogP contribution in [0.2, 0.25) is 0 Å². The highest BCUT2D eigenvalue weighted by Gasteiger charge is 2.35. The first-order valence-corrected chi connectivity index (χ1v) is 8.75. The van der Waals surface area contributed by atoms with Crippen LogP contribution in [0.5, 0.6) is 0 Å². The van der Waals surface area contributed by atoms with E-state index in [1.165, 1.54) is 21.8 Å². The highest BCUT2D eigenvalue weighted by Crippen LogP contribution is 2.46. The van der Waals surface area contributed by atoms with Gasteiger partial charge in [0.25, 0.3) is 0 Å². The summed E-state index contributed by atoms with van der Waals surface area (Å²) in [6, 6.07) is 19.7. The molecule has 0 saturated carbocycles. The van der Waals surface area contributed by atoms with Crippen molar-refractivity contribution in [3.8, 4) is 0 Å². The Hall–Kier alpha value is -1.25. The van der Waals surface area contributed by atoms with Crippen molar-refractivity contribution in [1.82, 2.24) is 0 Å². The van der Waals surface area contributed by atoms with Gasteiger partial charge in [0.1, 0.15) is 0 Å². The molecule has 1 aliphatic heterocycles. The molecule has 1 nitrogen and oxygen atoms in total. The molecule has 0 amide bonds. The molecule has 21 heavy (non-hydrogen) atoms. The molecule has 0 bridgehead atoms. The number of hydrogen-bond donors (Lipinski definition) is 1. The lowest BCUT2D eigenvalue weighted by Gasteiger charge is -2.35. The van der Waals surface area contributed by atoms with E-state index >= 15 is 0 Å². The van der Waals surface area contributed by atoms with Gasteiger partial charge in [0.05, 0.1) is 0 Å². The van der Waals surface area contributed by atoms with Crippen molar-refractivity contribution < 1.29 is 0 Å². The molecular formula is C19H23NS. The normalized spacial score (nSPS) is 20.0. The Bertz CT molecular complexity index is 590. The monoisotopic (exact) mass is 297 g/mol. The minimum atomic E-state index is 0.101. The summed E-state index contributed by atoms with van der Waals surface area (Å²) >= 11 is 1.99. The second kappa shape index (κ2) is 6.25. The number of nitrogens with two attached hydrogens (primary N) is 1. The summed E-state index contributed by atoms with van der Waals surface area (Å²) in [6.45, 7) is 2.99. The molecule has 2 aromatic rings. The average Bonchev–Trinajstić information content (AvgIpc) is 2.96. The Morgan fingerprint density at radius 3 is 2.52 bits per heavy atom. The summed E-state index contributed by atoms with van der Waals surface area (Å²) in [5.74, 6) is 1.81. The van der Waals surface area contributed by atoms with Crippen molar-refractivity contribution in [1.29, 1.82) is 0 Å². The van der Waals surface area contributed by atoms with Gasteiger partial charge in [-0.3, -0.25) is 0 Å². The van der Waals surface area contributed by atoms with Crippen molar-refractivity contribution in [2.24, 2.45) is 5.73 Å². The lowest BCUT2D eigenvalue weighted by atomic mass is 9.71. The zero-order chi connectivity index (χ0) is 14.7. The van der Waals surface area contributed by atoms with Gasteiger partial charge < -0.3 is 5.73 Å². The average molecular weight is 297 g/mol. The Morgan fingerprint density at radius 2 is 1.81 bits per heavy atom. The van der Waals surface area contributed by atoms with Gasteiger partial charge in [-0.05, 0) is 36.0 Å². The molecule has 0 aliphatic carbocycles. The smallest absolute Gasteiger partial charge is 0.0107 e. The first-order valence-electron chi connectivity index (χ1n) is 7.76. The topological polar surface area (TPSA) is 26.0 Å². The van der Waals surface area contributed by atoms with Crippen LogP contribution < -0.4 is 5.73 Å². The summed E-state index contributed by atoms with van der Waals surface area (Å²) in [6.07, 6.45) is 2.24. The van der Waals surface area contributed by atoms with Crippen LogP contribution in [-0.4, -0.2) is 12.3 Å². The molecular weight excluding hydrogens is 274 g/mol. The van der Waals surface area contributed by atoms with Gasteiger partial charge in [0.2, 0.25) is 0 Å². The molecule has 0 saturated heterocycles. The Kier molecular flexibility index (Phi) is 4.37. The van der Waals surface area contributed by atoms with Crippen molar-refractivity contribution in [3.05, 3.63) is 65.7 Å². The van der Waals surface area contributed by atoms with Crippen LogP contribution in [0.25, 0.3) is 0 Å². The van der Waals surface area contributed by atoms with E-state index in [1.54, 1.807) is 0 Å². The third-order valence-corrected chi connectivity index (χ3v) is 6.14. The van der Waals surface area contributed by atoms with E-state index in [0.29, 0.717) is 5.92 Å². The van der Waals surface area contributed by atoms with Crippen LogP contribution in [0, 0.1) is 0 Å². The molecule has 0 spiro atoms. The summed E-state index contributed by atoms with van der Waals surface area (Å²) in [7, 11) is 0. The molecule has 0 radical (unpaired) electrons. The van der Waals surface area contributed by atoms with Gasteiger partial charge in [0.15, 0.2) is 0 Å². The van der Waals surface area contributed by atoms with E-state index in [2.05, 4.69) is 61.5 Å². The predicted octanol–water partition coefficient (Wildman–Crippen LogP) is 4.57. The number of fused-ring (bicyclic) bond motifs is 1. The van der Waals surface area contributed by atoms with Crippen LogP contribution in [-0.2, 0) is 5.41 Å². The lowest BCUT2D eigenvalue weighted by molar-refractivity contribution is 0.365. The highest BCUT2D eigenvalue weighted by atomic mass is 32.2. The van der Waals surface area contributed by atoms with Gasteiger partial charge in [0, 0.05) is 22.6 Å². The second-order valence-electron chi connectivity index (χ2n) is 5.95. The zero-order valence-electron chi connectivity index (χ0n) is 12.6. The summed E-state index contributed by atoms with van der Waals surface area (Å²) in [4.78, 5) is 1.46. The van der Waals surface area contributed by atoms with Crippen molar-refractivity contribution in [2.75, 3.05) is 12.3 Å². The first kappa shape index (κ1) is 14.7. The van der Waals surface area contributed by atoms with Gasteiger partial charge in [-0.1, -0.05) is 55.5 Å². The maximum Gasteiger partial charge on any atom is 0.0107 e. The molecule has 110 valence electrons. The van der Waals surface area contributed by atoms with Gasteiger partial charge in [-0.15, -0.1) is 11.8 Å². The Morgan fingerprint density at radius 1 is 1.10 bits per heavy atom. The third kappa shape index (κ3) is 2.75. The van der Waals surface area contributed by atoms with Crippen molar-refractivity contribution in [3.63, 3.8) is 0 Å². The maximum absolute atomic E-state index is 6.24. The van der Waals surface area contributed by atoms with Crippen LogP contribution in [0.15, 0.2) is 59.5 Å². The highest BCUT2D eigenvalue weighted by molar-refractivity contribution is 7.99. The molecule has 0 aromatic heterocycles. The molecule has 3 rings (SSSR count). The third-order valence-electron chi connectivity index (χ3n) is 4.89. The molecule has 2 heteroatoms. The van der Waals surface area contributed by atoms with Crippen LogP contribution in [0.1, 0.15) is 36.8 Å². The maximum atomic E-state index is 6.24. The molecule has 0 fully saturated rings. The number of thioether (sulfide) groups is 1. The van der Waals surface area contributed by atoms with Crippen molar-refractivity contribution in [2.45, 2.75) is 36.0 Å². The molecule has 1 heterocycles. The van der Waals surface area contributed by atoms with Gasteiger partial charge >= 0.3 is 0 Å². The quantitative estimate of drug-likeness (QED) is 0.874. The van der Waals surface area contributed by atoms with E-state index < -0.39 is 0 Å². The SMILES string of the molecule is CCC(CN)(CC1CSc2ccccc21)c1ccccc1. The van der Waals surface area contributed by atoms with Crippen LogP contribution in [0.3, 0.4) is 0 Å². The first-order chi connectivity index (χ1) is 10.3. The van der Waals surface area contributed by atoms with Gasteiger partial charge in [-0.25, -0.2) is 0 Å². The summed E-state index contributed by atoms with van der Waals surface area (Å²) in [5.41, 5.74) is 9.25. The van der Waals surface area contributed by atoms with E-state index in [4.69, 9.17) is 5.73 Å². The molecule has 1 aliphatic rings. The van der Waals surface area contributed by atoms with Crippen LogP contribution in [0.4, 0.5) is 0 Å². The summed E-state index contributed by atoms with van der Waals surface area (Å²) < 4.78 is 0. The summed E-state index contributed by atoms with van der Waals surface area (Å²) in [5, 5.41) is 0. The van der Waals surface area contributed by atoms with E-state index in [0.717, 1.165) is 19.4 Å². The van der Waals surface area contributed by atoms with E-state index in [9.17, 15) is 0 Å². The fourth-order valence-electron chi connectivity index (χ4n) is 3.47. The van der Waals surface area contributed by atoms with Gasteiger partial charge in [-0.2, -0.15) is 0 Å². The standard InChI is InChI=1S/C19H23NS/c1-2-19(14-20,16-8-4-3-5-9-16)12-15-13-21-18-11-7-6-10-17(15)18/h3-11,15H,2,12-14,20H2,1H3. The number of benzene rings is 2. The number of rotatable bonds is 5. The Balaban J connectivity index is 1.91. The zero-order valence-corrected chi connectivity index (χ0v) is 13.4. The number of hydrogen-bond acceptors (Lipinski definition) is 2. The molecule has 2 unspecified atom stereocenters. The second-order valence-corrected chi connectivity index (χ2v) is 7.02. The van der Waals surface area contributed by atoms with Crippen molar-refractivity contribution >= 4 is 11.8 Å². The van der Waals surface area contributed by atoms with Crippen LogP contribution >= 0.6 is 11.8 Å². The minimum absolute atomic E-state index is 0.101. The fourth-order valence-corrected chi connectivity index (χ4v) is 4.73. The fraction of sp³-hybridized carbons (Fsp3) is 0.368.